The lowest BCUT2D eigenvalue weighted by Crippen LogP contribution is -2.36. The third kappa shape index (κ3) is 5.40. The largest absolute Gasteiger partial charge is 0.489 e. The van der Waals surface area contributed by atoms with Gasteiger partial charge in [-0.05, 0) is 60.7 Å². The van der Waals surface area contributed by atoms with Crippen LogP contribution in [-0.4, -0.2) is 35.1 Å². The molecular formula is C22H19BrN2O4S. The molecule has 0 aliphatic carbocycles. The van der Waals surface area contributed by atoms with Crippen molar-refractivity contribution in [3.05, 3.63) is 75.6 Å². The topological polar surface area (TPSA) is 75.7 Å². The van der Waals surface area contributed by atoms with Crippen LogP contribution in [-0.2, 0) is 9.59 Å². The second-order valence-corrected chi connectivity index (χ2v) is 8.38. The number of imide groups is 1. The van der Waals surface area contributed by atoms with Gasteiger partial charge >= 0.3 is 0 Å². The Balaban J connectivity index is 1.75. The van der Waals surface area contributed by atoms with Crippen LogP contribution in [0.3, 0.4) is 0 Å². The molecule has 0 bridgehead atoms. The second-order valence-electron chi connectivity index (χ2n) is 6.47. The van der Waals surface area contributed by atoms with Crippen LogP contribution in [0.25, 0.3) is 6.08 Å². The van der Waals surface area contributed by atoms with Crippen molar-refractivity contribution in [1.29, 1.82) is 0 Å². The zero-order valence-corrected chi connectivity index (χ0v) is 18.6. The second kappa shape index (κ2) is 9.77. The van der Waals surface area contributed by atoms with E-state index >= 15 is 0 Å². The van der Waals surface area contributed by atoms with Crippen LogP contribution in [0.4, 0.5) is 10.5 Å². The van der Waals surface area contributed by atoms with Crippen LogP contribution in [0, 0.1) is 6.92 Å². The highest BCUT2D eigenvalue weighted by molar-refractivity contribution is 9.10. The molecule has 1 N–H and O–H groups in total. The van der Waals surface area contributed by atoms with E-state index in [0.717, 1.165) is 26.7 Å². The van der Waals surface area contributed by atoms with E-state index in [1.165, 1.54) is 0 Å². The van der Waals surface area contributed by atoms with Gasteiger partial charge in [-0.2, -0.15) is 0 Å². The van der Waals surface area contributed by atoms with Crippen LogP contribution >= 0.6 is 27.7 Å². The van der Waals surface area contributed by atoms with Crippen molar-refractivity contribution >= 4 is 56.5 Å². The van der Waals surface area contributed by atoms with Gasteiger partial charge in [-0.1, -0.05) is 40.7 Å². The minimum atomic E-state index is -0.515. The molecule has 2 aromatic carbocycles. The molecule has 154 valence electrons. The van der Waals surface area contributed by atoms with Crippen LogP contribution in [0.2, 0.25) is 0 Å². The summed E-state index contributed by atoms with van der Waals surface area (Å²) in [5.41, 5.74) is 2.24. The van der Waals surface area contributed by atoms with Gasteiger partial charge in [0.15, 0.2) is 0 Å². The molecule has 3 amide bonds. The SMILES string of the molecule is C=CCOc1ccc(Br)cc1/C=C1/SC(=O)N(CC(=O)Nc2cccc(C)c2)C1=O. The van der Waals surface area contributed by atoms with Gasteiger partial charge in [0.1, 0.15) is 18.9 Å². The van der Waals surface area contributed by atoms with Gasteiger partial charge in [-0.3, -0.25) is 19.3 Å². The minimum absolute atomic E-state index is 0.227. The summed E-state index contributed by atoms with van der Waals surface area (Å²) in [5.74, 6) is -0.400. The van der Waals surface area contributed by atoms with E-state index in [-0.39, 0.29) is 11.4 Å². The predicted octanol–water partition coefficient (Wildman–Crippen LogP) is 5.00. The van der Waals surface area contributed by atoms with E-state index in [1.807, 2.05) is 31.2 Å². The van der Waals surface area contributed by atoms with Crippen molar-refractivity contribution in [2.24, 2.45) is 0 Å². The number of nitrogens with one attached hydrogen (secondary N) is 1. The summed E-state index contributed by atoms with van der Waals surface area (Å²) >= 11 is 4.19. The highest BCUT2D eigenvalue weighted by Crippen LogP contribution is 2.34. The average molecular weight is 487 g/mol. The zero-order chi connectivity index (χ0) is 21.7. The molecule has 0 atom stereocenters. The quantitative estimate of drug-likeness (QED) is 0.440. The number of amides is 3. The van der Waals surface area contributed by atoms with E-state index in [0.29, 0.717) is 23.6 Å². The summed E-state index contributed by atoms with van der Waals surface area (Å²) in [6.45, 7) is 5.49. The van der Waals surface area contributed by atoms with E-state index in [1.54, 1.807) is 30.4 Å². The van der Waals surface area contributed by atoms with Crippen LogP contribution in [0.15, 0.2) is 64.5 Å². The minimum Gasteiger partial charge on any atom is -0.489 e. The molecule has 1 fully saturated rings. The molecule has 3 rings (SSSR count). The molecule has 0 unspecified atom stereocenters. The first-order chi connectivity index (χ1) is 14.4. The molecule has 1 saturated heterocycles. The van der Waals surface area contributed by atoms with Crippen molar-refractivity contribution < 1.29 is 19.1 Å². The lowest BCUT2D eigenvalue weighted by atomic mass is 10.2. The normalized spacial score (nSPS) is 14.9. The van der Waals surface area contributed by atoms with E-state index < -0.39 is 17.1 Å². The molecule has 2 aromatic rings. The van der Waals surface area contributed by atoms with Gasteiger partial charge in [0.05, 0.1) is 4.91 Å². The Kier molecular flexibility index (Phi) is 7.12. The molecule has 0 radical (unpaired) electrons. The van der Waals surface area contributed by atoms with E-state index in [4.69, 9.17) is 4.74 Å². The van der Waals surface area contributed by atoms with Crippen LogP contribution < -0.4 is 10.1 Å². The smallest absolute Gasteiger partial charge is 0.294 e. The first-order valence-electron chi connectivity index (χ1n) is 9.02. The first-order valence-corrected chi connectivity index (χ1v) is 10.6. The molecule has 0 aromatic heterocycles. The Hall–Kier alpha value is -2.84. The summed E-state index contributed by atoms with van der Waals surface area (Å²) in [6.07, 6.45) is 3.21. The molecule has 0 spiro atoms. The van der Waals surface area contributed by atoms with Gasteiger partial charge in [0.25, 0.3) is 11.1 Å². The number of benzene rings is 2. The number of nitrogens with zero attached hydrogens (tertiary/aromatic N) is 1. The summed E-state index contributed by atoms with van der Waals surface area (Å²) in [6, 6.07) is 12.6. The van der Waals surface area contributed by atoms with E-state index in [9.17, 15) is 14.4 Å². The predicted molar refractivity (Wildman–Crippen MR) is 122 cm³/mol. The Labute approximate surface area is 187 Å². The monoisotopic (exact) mass is 486 g/mol. The number of hydrogen-bond donors (Lipinski definition) is 1. The van der Waals surface area contributed by atoms with Crippen molar-refractivity contribution in [3.8, 4) is 5.75 Å². The van der Waals surface area contributed by atoms with Crippen molar-refractivity contribution in [3.63, 3.8) is 0 Å². The number of carbonyl (C=O) groups is 3. The highest BCUT2D eigenvalue weighted by atomic mass is 79.9. The molecule has 8 heteroatoms. The number of aryl methyl sites for hydroxylation is 1. The number of ether oxygens (including phenoxy) is 1. The maximum absolute atomic E-state index is 12.7. The summed E-state index contributed by atoms with van der Waals surface area (Å²) in [5, 5.41) is 2.21. The molecule has 1 aliphatic heterocycles. The summed E-state index contributed by atoms with van der Waals surface area (Å²) in [7, 11) is 0. The molecule has 6 nitrogen and oxygen atoms in total. The van der Waals surface area contributed by atoms with Crippen LogP contribution in [0.5, 0.6) is 5.75 Å². The number of carbonyl (C=O) groups excluding carboxylic acids is 3. The van der Waals surface area contributed by atoms with Gasteiger partial charge in [0.2, 0.25) is 5.91 Å². The maximum Gasteiger partial charge on any atom is 0.294 e. The fourth-order valence-electron chi connectivity index (χ4n) is 2.76. The lowest BCUT2D eigenvalue weighted by Gasteiger charge is -2.13. The Morgan fingerprint density at radius 3 is 2.80 bits per heavy atom. The van der Waals surface area contributed by atoms with Gasteiger partial charge in [0, 0.05) is 15.7 Å². The van der Waals surface area contributed by atoms with Crippen LogP contribution in [0.1, 0.15) is 11.1 Å². The molecule has 0 saturated carbocycles. The average Bonchev–Trinajstić information content (AvgIpc) is 2.95. The third-order valence-electron chi connectivity index (χ3n) is 4.09. The Bertz CT molecular complexity index is 1050. The van der Waals surface area contributed by atoms with Crippen molar-refractivity contribution in [2.75, 3.05) is 18.5 Å². The van der Waals surface area contributed by atoms with Gasteiger partial charge < -0.3 is 10.1 Å². The Morgan fingerprint density at radius 1 is 1.27 bits per heavy atom. The van der Waals surface area contributed by atoms with Crippen molar-refractivity contribution in [1.82, 2.24) is 4.90 Å². The maximum atomic E-state index is 12.7. The molecule has 30 heavy (non-hydrogen) atoms. The van der Waals surface area contributed by atoms with Crippen molar-refractivity contribution in [2.45, 2.75) is 6.92 Å². The number of halogens is 1. The fourth-order valence-corrected chi connectivity index (χ4v) is 3.96. The summed E-state index contributed by atoms with van der Waals surface area (Å²) in [4.78, 5) is 38.6. The summed E-state index contributed by atoms with van der Waals surface area (Å²) < 4.78 is 6.42. The molecular weight excluding hydrogens is 468 g/mol. The first kappa shape index (κ1) is 21.9. The molecule has 1 aliphatic rings. The Morgan fingerprint density at radius 2 is 2.07 bits per heavy atom. The highest BCUT2D eigenvalue weighted by Gasteiger charge is 2.36. The number of rotatable bonds is 7. The number of thioether (sulfide) groups is 1. The third-order valence-corrected chi connectivity index (χ3v) is 5.49. The number of anilines is 1. The fraction of sp³-hybridized carbons (Fsp3) is 0.136. The van der Waals surface area contributed by atoms with Gasteiger partial charge in [-0.15, -0.1) is 0 Å². The lowest BCUT2D eigenvalue weighted by molar-refractivity contribution is -0.127. The number of hydrogen-bond acceptors (Lipinski definition) is 5. The van der Waals surface area contributed by atoms with E-state index in [2.05, 4.69) is 27.8 Å². The standard InChI is InChI=1S/C22H19BrN2O4S/c1-3-9-29-18-8-7-16(23)11-15(18)12-19-21(27)25(22(28)30-19)13-20(26)24-17-6-4-5-14(2)10-17/h3-8,10-12H,1,9,13H2,2H3,(H,24,26)/b19-12+. The van der Waals surface area contributed by atoms with Gasteiger partial charge in [-0.25, -0.2) is 0 Å². The molecule has 1 heterocycles. The zero-order valence-electron chi connectivity index (χ0n) is 16.2.